The van der Waals surface area contributed by atoms with E-state index in [1.807, 2.05) is 31.2 Å². The maximum Gasteiger partial charge on any atom is 0.339 e. The van der Waals surface area contributed by atoms with E-state index in [2.05, 4.69) is 10.3 Å². The quantitative estimate of drug-likeness (QED) is 0.524. The van der Waals surface area contributed by atoms with E-state index in [1.54, 1.807) is 25.1 Å². The van der Waals surface area contributed by atoms with Crippen LogP contribution >= 0.6 is 34.5 Å². The number of thiazole rings is 1. The maximum atomic E-state index is 13.0. The number of hydrogen-bond acceptors (Lipinski definition) is 5. The third kappa shape index (κ3) is 4.08. The molecule has 2 aromatic carbocycles. The molecule has 5 nitrogen and oxygen atoms in total. The number of nitrogens with zero attached hydrogens (tertiary/aromatic N) is 1. The van der Waals surface area contributed by atoms with Gasteiger partial charge < -0.3 is 4.74 Å². The number of carbonyl (C=O) groups is 2. The standard InChI is InChI=1S/C22H18Cl2N2O3S/c1-12-18(10-13-7-8-16(23)17(24)9-13)30-21(25-12)26-20(28)22(2)11-14-5-3-4-6-15(14)19(27)29-22/h3-9H,10-11H2,1-2H3,(H,25,26,28). The zero-order valence-corrected chi connectivity index (χ0v) is 18.6. The Balaban J connectivity index is 1.51. The molecule has 0 saturated carbocycles. The van der Waals surface area contributed by atoms with Crippen molar-refractivity contribution in [2.75, 3.05) is 5.32 Å². The Bertz CT molecular complexity index is 1160. The average Bonchev–Trinajstić information content (AvgIpc) is 3.03. The number of amides is 1. The number of ether oxygens (including phenoxy) is 1. The summed E-state index contributed by atoms with van der Waals surface area (Å²) in [5.41, 5.74) is 1.81. The Morgan fingerprint density at radius 1 is 1.23 bits per heavy atom. The highest BCUT2D eigenvalue weighted by atomic mass is 35.5. The summed E-state index contributed by atoms with van der Waals surface area (Å²) in [6.07, 6.45) is 0.928. The molecule has 2 heterocycles. The van der Waals surface area contributed by atoms with Crippen LogP contribution in [-0.2, 0) is 22.4 Å². The summed E-state index contributed by atoms with van der Waals surface area (Å²) >= 11 is 13.5. The summed E-state index contributed by atoms with van der Waals surface area (Å²) in [4.78, 5) is 30.8. The van der Waals surface area contributed by atoms with E-state index in [1.165, 1.54) is 11.3 Å². The minimum atomic E-state index is -1.30. The number of aromatic nitrogens is 1. The first-order valence-electron chi connectivity index (χ1n) is 9.28. The van der Waals surface area contributed by atoms with Crippen molar-refractivity contribution in [2.24, 2.45) is 0 Å². The Morgan fingerprint density at radius 3 is 2.77 bits per heavy atom. The second-order valence-electron chi connectivity index (χ2n) is 7.36. The molecule has 0 aliphatic carbocycles. The number of hydrogen-bond donors (Lipinski definition) is 1. The van der Waals surface area contributed by atoms with E-state index in [9.17, 15) is 9.59 Å². The van der Waals surface area contributed by atoms with Gasteiger partial charge in [-0.3, -0.25) is 10.1 Å². The van der Waals surface area contributed by atoms with Crippen molar-refractivity contribution in [3.63, 3.8) is 0 Å². The Kier molecular flexibility index (Phi) is 5.57. The third-order valence-corrected chi connectivity index (χ3v) is 6.84. The zero-order valence-electron chi connectivity index (χ0n) is 16.3. The SMILES string of the molecule is Cc1nc(NC(=O)C2(C)Cc3ccccc3C(=O)O2)sc1Cc1ccc(Cl)c(Cl)c1. The van der Waals surface area contributed by atoms with Crippen LogP contribution in [0, 0.1) is 6.92 Å². The number of aryl methyl sites for hydroxylation is 1. The maximum absolute atomic E-state index is 13.0. The lowest BCUT2D eigenvalue weighted by Gasteiger charge is -2.32. The Labute approximate surface area is 188 Å². The predicted octanol–water partition coefficient (Wildman–Crippen LogP) is 5.46. The van der Waals surface area contributed by atoms with Gasteiger partial charge in [0.1, 0.15) is 0 Å². The van der Waals surface area contributed by atoms with Gasteiger partial charge in [0.25, 0.3) is 5.91 Å². The normalized spacial score (nSPS) is 17.9. The summed E-state index contributed by atoms with van der Waals surface area (Å²) in [6.45, 7) is 3.50. The summed E-state index contributed by atoms with van der Waals surface area (Å²) in [5, 5.41) is 4.28. The van der Waals surface area contributed by atoms with Crippen molar-refractivity contribution in [3.05, 3.63) is 79.8 Å². The molecule has 0 radical (unpaired) electrons. The van der Waals surface area contributed by atoms with Crippen LogP contribution in [-0.4, -0.2) is 22.5 Å². The molecule has 0 bridgehead atoms. The van der Waals surface area contributed by atoms with Crippen LogP contribution < -0.4 is 5.32 Å². The highest BCUT2D eigenvalue weighted by molar-refractivity contribution is 7.15. The number of fused-ring (bicyclic) bond motifs is 1. The summed E-state index contributed by atoms with van der Waals surface area (Å²) in [7, 11) is 0. The molecule has 1 unspecified atom stereocenters. The molecule has 0 spiro atoms. The van der Waals surface area contributed by atoms with Crippen LogP contribution in [0.1, 0.15) is 39.0 Å². The number of anilines is 1. The van der Waals surface area contributed by atoms with Crippen LogP contribution in [0.3, 0.4) is 0 Å². The van der Waals surface area contributed by atoms with Gasteiger partial charge in [0.2, 0.25) is 0 Å². The summed E-state index contributed by atoms with van der Waals surface area (Å²) in [6, 6.07) is 12.6. The molecule has 1 aromatic heterocycles. The fourth-order valence-corrected chi connectivity index (χ4v) is 4.68. The van der Waals surface area contributed by atoms with Crippen LogP contribution in [0.25, 0.3) is 0 Å². The van der Waals surface area contributed by atoms with Crippen molar-refractivity contribution in [3.8, 4) is 0 Å². The number of esters is 1. The van der Waals surface area contributed by atoms with Gasteiger partial charge in [-0.15, -0.1) is 11.3 Å². The minimum absolute atomic E-state index is 0.307. The van der Waals surface area contributed by atoms with Crippen molar-refractivity contribution in [2.45, 2.75) is 32.3 Å². The molecule has 0 saturated heterocycles. The first kappa shape index (κ1) is 20.8. The number of cyclic esters (lactones) is 1. The molecule has 8 heteroatoms. The lowest BCUT2D eigenvalue weighted by Crippen LogP contribution is -2.48. The largest absolute Gasteiger partial charge is 0.445 e. The van der Waals surface area contributed by atoms with Gasteiger partial charge in [-0.1, -0.05) is 47.5 Å². The smallest absolute Gasteiger partial charge is 0.339 e. The fraction of sp³-hybridized carbons (Fsp3) is 0.227. The van der Waals surface area contributed by atoms with Gasteiger partial charge in [-0.2, -0.15) is 0 Å². The van der Waals surface area contributed by atoms with Crippen molar-refractivity contribution < 1.29 is 14.3 Å². The number of rotatable bonds is 4. The van der Waals surface area contributed by atoms with E-state index in [0.717, 1.165) is 21.7 Å². The van der Waals surface area contributed by atoms with Gasteiger partial charge in [0.15, 0.2) is 10.7 Å². The van der Waals surface area contributed by atoms with E-state index >= 15 is 0 Å². The molecule has 1 aliphatic rings. The van der Waals surface area contributed by atoms with Crippen molar-refractivity contribution in [1.82, 2.24) is 4.98 Å². The van der Waals surface area contributed by atoms with Crippen molar-refractivity contribution >= 4 is 51.5 Å². The molecule has 0 fully saturated rings. The summed E-state index contributed by atoms with van der Waals surface area (Å²) < 4.78 is 5.49. The van der Waals surface area contributed by atoms with Crippen molar-refractivity contribution in [1.29, 1.82) is 0 Å². The molecular formula is C22H18Cl2N2O3S. The average molecular weight is 461 g/mol. The van der Waals surface area contributed by atoms with Gasteiger partial charge in [0, 0.05) is 17.7 Å². The van der Waals surface area contributed by atoms with E-state index in [4.69, 9.17) is 27.9 Å². The highest BCUT2D eigenvalue weighted by Crippen LogP contribution is 2.32. The number of halogens is 2. The molecule has 154 valence electrons. The van der Waals surface area contributed by atoms with E-state index < -0.39 is 17.5 Å². The molecule has 1 atom stereocenters. The number of benzene rings is 2. The molecular weight excluding hydrogens is 443 g/mol. The van der Waals surface area contributed by atoms with E-state index in [0.29, 0.717) is 33.6 Å². The summed E-state index contributed by atoms with van der Waals surface area (Å²) in [5.74, 6) is -0.898. The second kappa shape index (κ2) is 8.02. The molecule has 1 amide bonds. The molecule has 1 N–H and O–H groups in total. The van der Waals surface area contributed by atoms with Gasteiger partial charge in [0.05, 0.1) is 21.3 Å². The second-order valence-corrected chi connectivity index (χ2v) is 9.26. The first-order chi connectivity index (χ1) is 14.2. The highest BCUT2D eigenvalue weighted by Gasteiger charge is 2.43. The number of carbonyl (C=O) groups excluding carboxylic acids is 2. The lowest BCUT2D eigenvalue weighted by molar-refractivity contribution is -0.134. The van der Waals surface area contributed by atoms with Gasteiger partial charge >= 0.3 is 5.97 Å². The minimum Gasteiger partial charge on any atom is -0.445 e. The molecule has 3 aromatic rings. The van der Waals surface area contributed by atoms with Crippen LogP contribution in [0.4, 0.5) is 5.13 Å². The third-order valence-electron chi connectivity index (χ3n) is 5.03. The Morgan fingerprint density at radius 2 is 2.00 bits per heavy atom. The lowest BCUT2D eigenvalue weighted by atomic mass is 9.89. The van der Waals surface area contributed by atoms with Crippen LogP contribution in [0.5, 0.6) is 0 Å². The zero-order chi connectivity index (χ0) is 21.5. The Hall–Kier alpha value is -2.41. The monoisotopic (exact) mass is 460 g/mol. The fourth-order valence-electron chi connectivity index (χ4n) is 3.37. The molecule has 30 heavy (non-hydrogen) atoms. The predicted molar refractivity (Wildman–Crippen MR) is 119 cm³/mol. The van der Waals surface area contributed by atoms with Crippen LogP contribution in [0.15, 0.2) is 42.5 Å². The first-order valence-corrected chi connectivity index (χ1v) is 10.9. The molecule has 1 aliphatic heterocycles. The number of nitrogens with one attached hydrogen (secondary N) is 1. The van der Waals surface area contributed by atoms with Crippen LogP contribution in [0.2, 0.25) is 10.0 Å². The topological polar surface area (TPSA) is 68.3 Å². The van der Waals surface area contributed by atoms with Gasteiger partial charge in [-0.25, -0.2) is 9.78 Å². The molecule has 4 rings (SSSR count). The van der Waals surface area contributed by atoms with Gasteiger partial charge in [-0.05, 0) is 43.2 Å². The van der Waals surface area contributed by atoms with E-state index in [-0.39, 0.29) is 0 Å².